The second-order valence-corrected chi connectivity index (χ2v) is 4.53. The SMILES string of the molecule is CCOC(=O)CC(O)CN1C(=O)C(C)C(C)C1=O. The number of hydrogen-bond acceptors (Lipinski definition) is 5. The Hall–Kier alpha value is -1.43. The Balaban J connectivity index is 2.54. The second kappa shape index (κ2) is 5.95. The highest BCUT2D eigenvalue weighted by Crippen LogP contribution is 2.25. The number of nitrogens with zero attached hydrogens (tertiary/aromatic N) is 1. The van der Waals surface area contributed by atoms with Crippen molar-refractivity contribution in [2.45, 2.75) is 33.3 Å². The average molecular weight is 257 g/mol. The molecular weight excluding hydrogens is 238 g/mol. The van der Waals surface area contributed by atoms with Gasteiger partial charge in [-0.25, -0.2) is 0 Å². The van der Waals surface area contributed by atoms with Crippen molar-refractivity contribution in [1.82, 2.24) is 4.90 Å². The molecule has 1 saturated heterocycles. The molecule has 1 rings (SSSR count). The van der Waals surface area contributed by atoms with E-state index in [9.17, 15) is 19.5 Å². The maximum atomic E-state index is 11.8. The van der Waals surface area contributed by atoms with Crippen molar-refractivity contribution >= 4 is 17.8 Å². The van der Waals surface area contributed by atoms with Crippen molar-refractivity contribution in [2.75, 3.05) is 13.2 Å². The summed E-state index contributed by atoms with van der Waals surface area (Å²) in [6.45, 7) is 5.12. The monoisotopic (exact) mass is 257 g/mol. The van der Waals surface area contributed by atoms with Gasteiger partial charge < -0.3 is 9.84 Å². The zero-order valence-electron chi connectivity index (χ0n) is 10.9. The predicted molar refractivity (Wildman–Crippen MR) is 62.3 cm³/mol. The van der Waals surface area contributed by atoms with Crippen molar-refractivity contribution < 1.29 is 24.2 Å². The van der Waals surface area contributed by atoms with Gasteiger partial charge in [-0.1, -0.05) is 13.8 Å². The molecule has 2 amide bonds. The summed E-state index contributed by atoms with van der Waals surface area (Å²) in [5.74, 6) is -1.87. The molecule has 1 N–H and O–H groups in total. The molecule has 1 fully saturated rings. The zero-order valence-corrected chi connectivity index (χ0v) is 10.9. The number of esters is 1. The van der Waals surface area contributed by atoms with Crippen LogP contribution in [0.3, 0.4) is 0 Å². The van der Waals surface area contributed by atoms with Gasteiger partial charge in [0.15, 0.2) is 0 Å². The van der Waals surface area contributed by atoms with Crippen LogP contribution >= 0.6 is 0 Å². The number of carbonyl (C=O) groups is 3. The van der Waals surface area contributed by atoms with Gasteiger partial charge in [-0.3, -0.25) is 19.3 Å². The summed E-state index contributed by atoms with van der Waals surface area (Å²) in [4.78, 5) is 35.7. The van der Waals surface area contributed by atoms with E-state index >= 15 is 0 Å². The lowest BCUT2D eigenvalue weighted by Crippen LogP contribution is -2.38. The van der Waals surface area contributed by atoms with E-state index in [1.807, 2.05) is 0 Å². The number of hydrogen-bond donors (Lipinski definition) is 1. The molecular formula is C12H19NO5. The lowest BCUT2D eigenvalue weighted by molar-refractivity contribution is -0.148. The summed E-state index contributed by atoms with van der Waals surface area (Å²) in [6.07, 6.45) is -1.29. The summed E-state index contributed by atoms with van der Waals surface area (Å²) in [7, 11) is 0. The Morgan fingerprint density at radius 3 is 2.28 bits per heavy atom. The van der Waals surface area contributed by atoms with Crippen molar-refractivity contribution in [3.05, 3.63) is 0 Å². The number of β-amino-alcohol motifs (C(OH)–C–C–N with tert-alkyl or cyclic N) is 1. The van der Waals surface area contributed by atoms with E-state index in [0.29, 0.717) is 0 Å². The number of likely N-dealkylation sites (tertiary alicyclic amines) is 1. The van der Waals surface area contributed by atoms with Crippen LogP contribution in [-0.4, -0.2) is 47.0 Å². The Labute approximate surface area is 106 Å². The number of aliphatic hydroxyl groups excluding tert-OH is 1. The summed E-state index contributed by atoms with van der Waals surface area (Å²) in [5.41, 5.74) is 0. The number of amides is 2. The van der Waals surface area contributed by atoms with E-state index in [2.05, 4.69) is 4.74 Å². The van der Waals surface area contributed by atoms with Crippen LogP contribution in [0.5, 0.6) is 0 Å². The fraction of sp³-hybridized carbons (Fsp3) is 0.750. The first kappa shape index (κ1) is 14.6. The quantitative estimate of drug-likeness (QED) is 0.551. The largest absolute Gasteiger partial charge is 0.466 e. The molecule has 0 aromatic heterocycles. The minimum atomic E-state index is -1.07. The van der Waals surface area contributed by atoms with Crippen molar-refractivity contribution in [3.63, 3.8) is 0 Å². The molecule has 0 aliphatic carbocycles. The summed E-state index contributed by atoms with van der Waals surface area (Å²) < 4.78 is 4.69. The van der Waals surface area contributed by atoms with Crippen LogP contribution in [0.1, 0.15) is 27.2 Å². The molecule has 0 aromatic carbocycles. The van der Waals surface area contributed by atoms with Gasteiger partial charge in [-0.05, 0) is 6.92 Å². The lowest BCUT2D eigenvalue weighted by atomic mass is 10.00. The van der Waals surface area contributed by atoms with Gasteiger partial charge >= 0.3 is 5.97 Å². The Morgan fingerprint density at radius 1 is 1.33 bits per heavy atom. The first-order chi connectivity index (χ1) is 8.38. The summed E-state index contributed by atoms with van der Waals surface area (Å²) in [5, 5.41) is 9.67. The van der Waals surface area contributed by atoms with Gasteiger partial charge in [0.25, 0.3) is 0 Å². The predicted octanol–water partition coefficient (Wildman–Crippen LogP) is -0.0585. The maximum Gasteiger partial charge on any atom is 0.308 e. The van der Waals surface area contributed by atoms with Crippen LogP contribution in [0.2, 0.25) is 0 Å². The van der Waals surface area contributed by atoms with Crippen LogP contribution in [0.15, 0.2) is 0 Å². The van der Waals surface area contributed by atoms with Crippen LogP contribution in [0, 0.1) is 11.8 Å². The van der Waals surface area contributed by atoms with E-state index in [1.165, 1.54) is 0 Å². The average Bonchev–Trinajstić information content (AvgIpc) is 2.47. The van der Waals surface area contributed by atoms with Crippen molar-refractivity contribution in [3.8, 4) is 0 Å². The molecule has 1 aliphatic heterocycles. The highest BCUT2D eigenvalue weighted by molar-refractivity contribution is 6.04. The minimum Gasteiger partial charge on any atom is -0.466 e. The fourth-order valence-corrected chi connectivity index (χ4v) is 1.90. The van der Waals surface area contributed by atoms with E-state index in [1.54, 1.807) is 20.8 Å². The van der Waals surface area contributed by atoms with Gasteiger partial charge in [0, 0.05) is 11.8 Å². The van der Waals surface area contributed by atoms with Gasteiger partial charge in [-0.15, -0.1) is 0 Å². The highest BCUT2D eigenvalue weighted by Gasteiger charge is 2.42. The number of carbonyl (C=O) groups excluding carboxylic acids is 3. The van der Waals surface area contributed by atoms with Crippen LogP contribution in [-0.2, 0) is 19.1 Å². The standard InChI is InChI=1S/C12H19NO5/c1-4-18-10(15)5-9(14)6-13-11(16)7(2)8(3)12(13)17/h7-9,14H,4-6H2,1-3H3. The van der Waals surface area contributed by atoms with E-state index in [0.717, 1.165) is 4.90 Å². The van der Waals surface area contributed by atoms with Crippen LogP contribution in [0.25, 0.3) is 0 Å². The third kappa shape index (κ3) is 3.07. The molecule has 0 saturated carbocycles. The molecule has 1 aliphatic rings. The molecule has 102 valence electrons. The molecule has 0 aromatic rings. The Kier molecular flexibility index (Phi) is 4.84. The van der Waals surface area contributed by atoms with Crippen LogP contribution in [0.4, 0.5) is 0 Å². The number of ether oxygens (including phenoxy) is 1. The van der Waals surface area contributed by atoms with Crippen molar-refractivity contribution in [1.29, 1.82) is 0 Å². The Bertz CT molecular complexity index is 334. The highest BCUT2D eigenvalue weighted by atomic mass is 16.5. The molecule has 6 nitrogen and oxygen atoms in total. The molecule has 18 heavy (non-hydrogen) atoms. The maximum absolute atomic E-state index is 11.8. The lowest BCUT2D eigenvalue weighted by Gasteiger charge is -2.18. The van der Waals surface area contributed by atoms with Gasteiger partial charge in [-0.2, -0.15) is 0 Å². The zero-order chi connectivity index (χ0) is 13.9. The molecule has 3 atom stereocenters. The molecule has 1 heterocycles. The first-order valence-corrected chi connectivity index (χ1v) is 6.07. The second-order valence-electron chi connectivity index (χ2n) is 4.53. The minimum absolute atomic E-state index is 0.148. The van der Waals surface area contributed by atoms with E-state index in [-0.39, 0.29) is 43.2 Å². The summed E-state index contributed by atoms with van der Waals surface area (Å²) >= 11 is 0. The smallest absolute Gasteiger partial charge is 0.308 e. The van der Waals surface area contributed by atoms with E-state index in [4.69, 9.17) is 0 Å². The topological polar surface area (TPSA) is 83.9 Å². The first-order valence-electron chi connectivity index (χ1n) is 6.07. The molecule has 0 bridgehead atoms. The molecule has 0 spiro atoms. The van der Waals surface area contributed by atoms with Crippen molar-refractivity contribution in [2.24, 2.45) is 11.8 Å². The Morgan fingerprint density at radius 2 is 1.83 bits per heavy atom. The number of rotatable bonds is 5. The van der Waals surface area contributed by atoms with Gasteiger partial charge in [0.2, 0.25) is 11.8 Å². The molecule has 3 unspecified atom stereocenters. The van der Waals surface area contributed by atoms with Crippen LogP contribution < -0.4 is 0 Å². The third-order valence-electron chi connectivity index (χ3n) is 3.16. The third-order valence-corrected chi connectivity index (χ3v) is 3.16. The van der Waals surface area contributed by atoms with Gasteiger partial charge in [0.05, 0.1) is 25.7 Å². The summed E-state index contributed by atoms with van der Waals surface area (Å²) in [6, 6.07) is 0. The normalized spacial score (nSPS) is 25.4. The fourth-order valence-electron chi connectivity index (χ4n) is 1.90. The molecule has 6 heteroatoms. The van der Waals surface area contributed by atoms with Gasteiger partial charge in [0.1, 0.15) is 0 Å². The molecule has 0 radical (unpaired) electrons. The van der Waals surface area contributed by atoms with E-state index < -0.39 is 12.1 Å². The number of aliphatic hydroxyl groups is 1. The number of imide groups is 1.